The van der Waals surface area contributed by atoms with Gasteiger partial charge in [0.05, 0.1) is 26.4 Å². The Kier molecular flexibility index (Phi) is 7.72. The maximum atomic E-state index is 13.4. The van der Waals surface area contributed by atoms with Crippen molar-refractivity contribution in [2.75, 3.05) is 0 Å². The Morgan fingerprint density at radius 2 is 1.62 bits per heavy atom. The largest absolute Gasteiger partial charge is 0.430 e. The van der Waals surface area contributed by atoms with Gasteiger partial charge in [-0.1, -0.05) is 99.7 Å². The second-order valence-corrected chi connectivity index (χ2v) is 15.6. The zero-order chi connectivity index (χ0) is 25.1. The molecule has 1 aliphatic heterocycles. The summed E-state index contributed by atoms with van der Waals surface area (Å²) in [5.41, 5.74) is 5.17. The van der Waals surface area contributed by atoms with E-state index in [0.717, 1.165) is 21.9 Å². The molecule has 1 saturated heterocycles. The van der Waals surface area contributed by atoms with E-state index in [2.05, 4.69) is 45.8 Å². The van der Waals surface area contributed by atoms with Crippen molar-refractivity contribution < 1.29 is 14.6 Å². The van der Waals surface area contributed by atoms with Crippen molar-refractivity contribution in [1.29, 1.82) is 0 Å². The number of hydrogen-bond acceptors (Lipinski definition) is 3. The van der Waals surface area contributed by atoms with Gasteiger partial charge in [0, 0.05) is 11.1 Å². The van der Waals surface area contributed by atoms with Crippen LogP contribution in [0.5, 0.6) is 0 Å². The van der Waals surface area contributed by atoms with Crippen LogP contribution in [0.2, 0.25) is 19.6 Å². The van der Waals surface area contributed by atoms with E-state index in [4.69, 9.17) is 4.74 Å². The predicted octanol–water partition coefficient (Wildman–Crippen LogP) is 6.65. The van der Waals surface area contributed by atoms with Crippen molar-refractivity contribution >= 4 is 14.2 Å². The molecule has 0 radical (unpaired) electrons. The number of hydrogen-bond donors (Lipinski definition) is 1. The van der Waals surface area contributed by atoms with E-state index in [0.29, 0.717) is 6.42 Å². The molecule has 2 aromatic carbocycles. The Bertz CT molecular complexity index is 1040. The molecule has 1 heterocycles. The van der Waals surface area contributed by atoms with Gasteiger partial charge in [0.15, 0.2) is 5.60 Å². The third kappa shape index (κ3) is 5.12. The molecule has 2 aromatic rings. The van der Waals surface area contributed by atoms with Gasteiger partial charge >= 0.3 is 6.09 Å². The molecule has 3 rings (SSSR count). The number of rotatable bonds is 8. The fourth-order valence-corrected chi connectivity index (χ4v) is 6.46. The molecule has 0 bridgehead atoms. The first-order valence-electron chi connectivity index (χ1n) is 11.9. The minimum atomic E-state index is -1.92. The van der Waals surface area contributed by atoms with Crippen LogP contribution in [0, 0.1) is 5.92 Å². The number of amides is 1. The molecule has 0 aliphatic carbocycles. The standard InChI is InChI=1S/C29H37NO3Si/c1-21(2)20-25(31)26(34(5,6)7)18-19-30-27(22(3)4)29(33-28(30)32,23-14-10-8-11-15-23)24-16-12-9-13-17-24/h8-17,19,22,25,27,31H,1,20H2,2-7H3/t18?,25-,27+/m1/s1. The van der Waals surface area contributed by atoms with E-state index in [1.807, 2.05) is 67.6 Å². The number of benzene rings is 2. The lowest BCUT2D eigenvalue weighted by atomic mass is 9.76. The average molecular weight is 476 g/mol. The summed E-state index contributed by atoms with van der Waals surface area (Å²) in [5.74, 6) is 0.0839. The van der Waals surface area contributed by atoms with Crippen molar-refractivity contribution in [3.05, 3.63) is 101 Å². The second-order valence-electron chi connectivity index (χ2n) is 10.5. The molecule has 0 aromatic heterocycles. The third-order valence-electron chi connectivity index (χ3n) is 6.25. The highest BCUT2D eigenvalue weighted by Gasteiger charge is 2.57. The second kappa shape index (κ2) is 10.2. The smallest absolute Gasteiger partial charge is 0.416 e. The van der Waals surface area contributed by atoms with Crippen LogP contribution in [0.15, 0.2) is 89.9 Å². The highest BCUT2D eigenvalue weighted by Crippen LogP contribution is 2.47. The summed E-state index contributed by atoms with van der Waals surface area (Å²) in [7, 11) is -1.92. The van der Waals surface area contributed by atoms with Gasteiger partial charge in [0.1, 0.15) is 0 Å². The summed E-state index contributed by atoms with van der Waals surface area (Å²) in [6.45, 7) is 16.6. The fraction of sp³-hybridized carbons (Fsp3) is 0.379. The topological polar surface area (TPSA) is 49.8 Å². The fourth-order valence-electron chi connectivity index (χ4n) is 4.87. The minimum Gasteiger partial charge on any atom is -0.430 e. The molecular formula is C29H37NO3Si. The van der Waals surface area contributed by atoms with Crippen LogP contribution in [0.1, 0.15) is 38.3 Å². The van der Waals surface area contributed by atoms with E-state index >= 15 is 0 Å². The van der Waals surface area contributed by atoms with Gasteiger partial charge < -0.3 is 9.84 Å². The Balaban J connectivity index is 2.21. The Labute approximate surface area is 205 Å². The first-order chi connectivity index (χ1) is 16.0. The Hall–Kier alpha value is -2.85. The molecular weight excluding hydrogens is 438 g/mol. The van der Waals surface area contributed by atoms with Crippen molar-refractivity contribution in [1.82, 2.24) is 4.90 Å². The van der Waals surface area contributed by atoms with E-state index in [1.165, 1.54) is 0 Å². The Morgan fingerprint density at radius 3 is 2.03 bits per heavy atom. The summed E-state index contributed by atoms with van der Waals surface area (Å²) in [6, 6.07) is 19.6. The lowest BCUT2D eigenvalue weighted by Gasteiger charge is -2.37. The molecule has 1 fully saturated rings. The first kappa shape index (κ1) is 25.8. The van der Waals surface area contributed by atoms with Crippen molar-refractivity contribution in [2.45, 2.75) is 64.6 Å². The molecule has 34 heavy (non-hydrogen) atoms. The van der Waals surface area contributed by atoms with E-state index in [9.17, 15) is 9.90 Å². The SMILES string of the molecule is C=C(C)C[C@@H](O)C(=C=CN1C(=O)OC(c2ccccc2)(c2ccccc2)[C@@H]1C(C)C)[Si](C)(C)C. The van der Waals surface area contributed by atoms with Gasteiger partial charge in [0.25, 0.3) is 0 Å². The van der Waals surface area contributed by atoms with Crippen LogP contribution < -0.4 is 0 Å². The molecule has 4 nitrogen and oxygen atoms in total. The first-order valence-corrected chi connectivity index (χ1v) is 15.4. The van der Waals surface area contributed by atoms with Gasteiger partial charge in [-0.05, 0) is 24.5 Å². The number of carbonyl (C=O) groups is 1. The summed E-state index contributed by atoms with van der Waals surface area (Å²) in [6.07, 6.45) is 1.11. The van der Waals surface area contributed by atoms with Crippen LogP contribution in [-0.4, -0.2) is 36.3 Å². The quantitative estimate of drug-likeness (QED) is 0.264. The number of aliphatic hydroxyl groups excluding tert-OH is 1. The number of cyclic esters (lactones) is 1. The molecule has 0 saturated carbocycles. The monoisotopic (exact) mass is 475 g/mol. The maximum Gasteiger partial charge on any atom is 0.416 e. The zero-order valence-corrected chi connectivity index (χ0v) is 22.2. The summed E-state index contributed by atoms with van der Waals surface area (Å²) < 4.78 is 6.29. The van der Waals surface area contributed by atoms with E-state index in [1.54, 1.807) is 11.1 Å². The maximum absolute atomic E-state index is 13.4. The summed E-state index contributed by atoms with van der Waals surface area (Å²) in [5, 5.41) is 11.8. The van der Waals surface area contributed by atoms with Gasteiger partial charge in [-0.2, -0.15) is 0 Å². The highest BCUT2D eigenvalue weighted by atomic mass is 28.3. The average Bonchev–Trinajstić information content (AvgIpc) is 3.07. The molecule has 1 amide bonds. The van der Waals surface area contributed by atoms with Crippen molar-refractivity contribution in [3.63, 3.8) is 0 Å². The Morgan fingerprint density at radius 1 is 1.12 bits per heavy atom. The number of ether oxygens (including phenoxy) is 1. The molecule has 0 unspecified atom stereocenters. The molecule has 1 N–H and O–H groups in total. The van der Waals surface area contributed by atoms with Crippen LogP contribution in [0.4, 0.5) is 4.79 Å². The van der Waals surface area contributed by atoms with E-state index in [-0.39, 0.29) is 12.0 Å². The normalized spacial score (nSPS) is 18.3. The van der Waals surface area contributed by atoms with Crippen LogP contribution in [0.25, 0.3) is 0 Å². The third-order valence-corrected chi connectivity index (χ3v) is 8.35. The summed E-state index contributed by atoms with van der Waals surface area (Å²) in [4.78, 5) is 15.1. The van der Waals surface area contributed by atoms with Gasteiger partial charge in [-0.25, -0.2) is 4.79 Å². The minimum absolute atomic E-state index is 0.0839. The highest BCUT2D eigenvalue weighted by molar-refractivity contribution is 6.83. The van der Waals surface area contributed by atoms with Crippen LogP contribution in [0.3, 0.4) is 0 Å². The number of nitrogens with zero attached hydrogens (tertiary/aromatic N) is 1. The molecule has 0 spiro atoms. The number of carbonyl (C=O) groups excluding carboxylic acids is 1. The van der Waals surface area contributed by atoms with Gasteiger partial charge in [-0.15, -0.1) is 12.3 Å². The predicted molar refractivity (Wildman–Crippen MR) is 141 cm³/mol. The molecule has 1 aliphatic rings. The van der Waals surface area contributed by atoms with E-state index < -0.39 is 25.9 Å². The van der Waals surface area contributed by atoms with Crippen molar-refractivity contribution in [3.8, 4) is 0 Å². The van der Waals surface area contributed by atoms with Crippen LogP contribution >= 0.6 is 0 Å². The van der Waals surface area contributed by atoms with Gasteiger partial charge in [0.2, 0.25) is 0 Å². The molecule has 5 heteroatoms. The molecule has 2 atom stereocenters. The summed E-state index contributed by atoms with van der Waals surface area (Å²) >= 11 is 0. The van der Waals surface area contributed by atoms with Crippen LogP contribution in [-0.2, 0) is 10.3 Å². The zero-order valence-electron chi connectivity index (χ0n) is 21.2. The lowest BCUT2D eigenvalue weighted by molar-refractivity contribution is 0.0562. The molecule has 180 valence electrons. The van der Waals surface area contributed by atoms with Crippen molar-refractivity contribution in [2.24, 2.45) is 5.92 Å². The van der Waals surface area contributed by atoms with Gasteiger partial charge in [-0.3, -0.25) is 4.90 Å². The number of aliphatic hydroxyl groups is 1. The lowest BCUT2D eigenvalue weighted by Crippen LogP contribution is -2.46.